The highest BCUT2D eigenvalue weighted by Crippen LogP contribution is 2.13. The van der Waals surface area contributed by atoms with E-state index in [9.17, 15) is 4.79 Å². The fourth-order valence-electron chi connectivity index (χ4n) is 1.60. The van der Waals surface area contributed by atoms with Gasteiger partial charge < -0.3 is 14.8 Å². The van der Waals surface area contributed by atoms with Crippen molar-refractivity contribution < 1.29 is 14.3 Å². The first-order valence-electron chi connectivity index (χ1n) is 6.13. The summed E-state index contributed by atoms with van der Waals surface area (Å²) in [7, 11) is 1.70. The molecule has 0 aliphatic rings. The van der Waals surface area contributed by atoms with Crippen molar-refractivity contribution in [3.05, 3.63) is 29.8 Å². The average Bonchev–Trinajstić information content (AvgIpc) is 2.49. The van der Waals surface area contributed by atoms with Gasteiger partial charge in [0.05, 0.1) is 0 Å². The third-order valence-electron chi connectivity index (χ3n) is 2.62. The van der Waals surface area contributed by atoms with Gasteiger partial charge in [0, 0.05) is 0 Å². The van der Waals surface area contributed by atoms with E-state index in [1.807, 2.05) is 24.3 Å². The molecule has 0 fully saturated rings. The van der Waals surface area contributed by atoms with E-state index in [1.165, 1.54) is 0 Å². The molecule has 104 valence electrons. The summed E-state index contributed by atoms with van der Waals surface area (Å²) in [6, 6.07) is 6.95. The molecule has 1 aromatic carbocycles. The third-order valence-corrected chi connectivity index (χ3v) is 2.62. The Hall–Kier alpha value is -2.43. The molecule has 1 N–H and O–H groups in total. The maximum atomic E-state index is 11.7. The SMILES string of the molecule is C#CCOC(=O)C(Cc1ccc(OCC#C)cc1)NC. The van der Waals surface area contributed by atoms with Gasteiger partial charge in [-0.1, -0.05) is 24.0 Å². The highest BCUT2D eigenvalue weighted by Gasteiger charge is 2.18. The Morgan fingerprint density at radius 1 is 1.25 bits per heavy atom. The second-order valence-electron chi connectivity index (χ2n) is 3.99. The average molecular weight is 271 g/mol. The molecule has 4 nitrogen and oxygen atoms in total. The molecular formula is C16H17NO3. The van der Waals surface area contributed by atoms with Crippen LogP contribution in [0.5, 0.6) is 5.75 Å². The Morgan fingerprint density at radius 2 is 1.90 bits per heavy atom. The highest BCUT2D eigenvalue weighted by atomic mass is 16.5. The van der Waals surface area contributed by atoms with Crippen LogP contribution >= 0.6 is 0 Å². The number of hydrogen-bond donors (Lipinski definition) is 1. The number of carbonyl (C=O) groups excluding carboxylic acids is 1. The molecule has 4 heteroatoms. The summed E-state index contributed by atoms with van der Waals surface area (Å²) in [5.74, 6) is 5.00. The topological polar surface area (TPSA) is 47.6 Å². The molecule has 1 rings (SSSR count). The zero-order chi connectivity index (χ0) is 14.8. The minimum absolute atomic E-state index is 0.0180. The third kappa shape index (κ3) is 5.06. The molecule has 0 bridgehead atoms. The first kappa shape index (κ1) is 15.6. The van der Waals surface area contributed by atoms with Crippen LogP contribution in [0.2, 0.25) is 0 Å². The first-order chi connectivity index (χ1) is 9.71. The summed E-state index contributed by atoms with van der Waals surface area (Å²) < 4.78 is 10.2. The van der Waals surface area contributed by atoms with Crippen LogP contribution in [0.3, 0.4) is 0 Å². The molecule has 1 atom stereocenters. The molecule has 0 radical (unpaired) electrons. The Morgan fingerprint density at radius 3 is 2.45 bits per heavy atom. The van der Waals surface area contributed by atoms with Gasteiger partial charge in [0.15, 0.2) is 6.61 Å². The number of benzene rings is 1. The van der Waals surface area contributed by atoms with Gasteiger partial charge in [0.25, 0.3) is 0 Å². The highest BCUT2D eigenvalue weighted by molar-refractivity contribution is 5.76. The van der Waals surface area contributed by atoms with Gasteiger partial charge in [-0.25, -0.2) is 0 Å². The molecule has 0 amide bonds. The molecule has 20 heavy (non-hydrogen) atoms. The van der Waals surface area contributed by atoms with Crippen molar-refractivity contribution in [1.82, 2.24) is 5.32 Å². The zero-order valence-corrected chi connectivity index (χ0v) is 11.4. The van der Waals surface area contributed by atoms with Crippen molar-refractivity contribution in [2.24, 2.45) is 0 Å². The van der Waals surface area contributed by atoms with E-state index in [-0.39, 0.29) is 19.2 Å². The second kappa shape index (κ2) is 8.63. The smallest absolute Gasteiger partial charge is 0.324 e. The minimum Gasteiger partial charge on any atom is -0.481 e. The van der Waals surface area contributed by atoms with Crippen LogP contribution in [0, 0.1) is 24.7 Å². The number of likely N-dealkylation sites (N-methyl/N-ethyl adjacent to an activating group) is 1. The van der Waals surface area contributed by atoms with Gasteiger partial charge in [-0.2, -0.15) is 0 Å². The van der Waals surface area contributed by atoms with E-state index < -0.39 is 6.04 Å². The van der Waals surface area contributed by atoms with Crippen LogP contribution in [0.4, 0.5) is 0 Å². The van der Waals surface area contributed by atoms with Gasteiger partial charge in [0.1, 0.15) is 18.4 Å². The van der Waals surface area contributed by atoms with Crippen molar-refractivity contribution in [2.75, 3.05) is 20.3 Å². The largest absolute Gasteiger partial charge is 0.481 e. The summed E-state index contributed by atoms with van der Waals surface area (Å²) in [4.78, 5) is 11.7. The van der Waals surface area contributed by atoms with Gasteiger partial charge in [0.2, 0.25) is 0 Å². The van der Waals surface area contributed by atoms with Crippen LogP contribution in [0.15, 0.2) is 24.3 Å². The summed E-state index contributed by atoms with van der Waals surface area (Å²) in [5, 5.41) is 2.91. The van der Waals surface area contributed by atoms with E-state index in [2.05, 4.69) is 17.2 Å². The molecule has 0 aliphatic carbocycles. The van der Waals surface area contributed by atoms with Crippen LogP contribution < -0.4 is 10.1 Å². The lowest BCUT2D eigenvalue weighted by atomic mass is 10.1. The van der Waals surface area contributed by atoms with Gasteiger partial charge in [-0.15, -0.1) is 12.8 Å². The first-order valence-corrected chi connectivity index (χ1v) is 6.13. The molecule has 0 aromatic heterocycles. The van der Waals surface area contributed by atoms with Crippen LogP contribution in [-0.2, 0) is 16.0 Å². The lowest BCUT2D eigenvalue weighted by Gasteiger charge is -2.14. The summed E-state index contributed by atoms with van der Waals surface area (Å²) in [6.45, 7) is 0.215. The lowest BCUT2D eigenvalue weighted by molar-refractivity contribution is -0.144. The predicted octanol–water partition coefficient (Wildman–Crippen LogP) is 1.01. The minimum atomic E-state index is -0.430. The Kier molecular flexibility index (Phi) is 6.75. The standard InChI is InChI=1S/C16H17NO3/c1-4-10-19-14-8-6-13(7-9-14)12-15(17-3)16(18)20-11-5-2/h1-2,6-9,15,17H,10-12H2,3H3. The molecule has 1 unspecified atom stereocenters. The van der Waals surface area contributed by atoms with E-state index >= 15 is 0 Å². The van der Waals surface area contributed by atoms with Gasteiger partial charge in [-0.3, -0.25) is 4.79 Å². The number of ether oxygens (including phenoxy) is 2. The summed E-state index contributed by atoms with van der Waals surface area (Å²) >= 11 is 0. The van der Waals surface area contributed by atoms with E-state index in [1.54, 1.807) is 7.05 Å². The molecule has 0 saturated carbocycles. The van der Waals surface area contributed by atoms with Gasteiger partial charge in [-0.05, 0) is 31.2 Å². The molecule has 0 aliphatic heterocycles. The fraction of sp³-hybridized carbons (Fsp3) is 0.312. The van der Waals surface area contributed by atoms with Gasteiger partial charge >= 0.3 is 5.97 Å². The monoisotopic (exact) mass is 271 g/mol. The Bertz CT molecular complexity index is 508. The van der Waals surface area contributed by atoms with E-state index in [0.717, 1.165) is 5.56 Å². The fourth-order valence-corrected chi connectivity index (χ4v) is 1.60. The quantitative estimate of drug-likeness (QED) is 0.594. The van der Waals surface area contributed by atoms with Crippen molar-refractivity contribution in [1.29, 1.82) is 0 Å². The van der Waals surface area contributed by atoms with Crippen LogP contribution in [-0.4, -0.2) is 32.3 Å². The molecule has 0 heterocycles. The normalized spacial score (nSPS) is 10.9. The summed E-state index contributed by atoms with van der Waals surface area (Å²) in [5.41, 5.74) is 0.982. The number of carbonyl (C=O) groups is 1. The second-order valence-corrected chi connectivity index (χ2v) is 3.99. The van der Waals surface area contributed by atoms with E-state index in [4.69, 9.17) is 22.3 Å². The molecular weight excluding hydrogens is 254 g/mol. The number of terminal acetylenes is 2. The Balaban J connectivity index is 2.59. The number of rotatable bonds is 7. The van der Waals surface area contributed by atoms with Crippen molar-refractivity contribution in [2.45, 2.75) is 12.5 Å². The van der Waals surface area contributed by atoms with E-state index in [0.29, 0.717) is 12.2 Å². The molecule has 1 aromatic rings. The van der Waals surface area contributed by atoms with Crippen LogP contribution in [0.1, 0.15) is 5.56 Å². The van der Waals surface area contributed by atoms with Crippen molar-refractivity contribution in [3.8, 4) is 30.4 Å². The number of hydrogen-bond acceptors (Lipinski definition) is 4. The number of esters is 1. The molecule has 0 spiro atoms. The molecule has 0 saturated heterocycles. The van der Waals surface area contributed by atoms with Crippen LogP contribution in [0.25, 0.3) is 0 Å². The van der Waals surface area contributed by atoms with Crippen molar-refractivity contribution in [3.63, 3.8) is 0 Å². The zero-order valence-electron chi connectivity index (χ0n) is 11.4. The maximum Gasteiger partial charge on any atom is 0.324 e. The number of nitrogens with one attached hydrogen (secondary N) is 1. The Labute approximate surface area is 119 Å². The lowest BCUT2D eigenvalue weighted by Crippen LogP contribution is -2.37. The maximum absolute atomic E-state index is 11.7. The van der Waals surface area contributed by atoms with Crippen molar-refractivity contribution >= 4 is 5.97 Å². The predicted molar refractivity (Wildman–Crippen MR) is 77.1 cm³/mol. The summed E-state index contributed by atoms with van der Waals surface area (Å²) in [6.07, 6.45) is 10.7.